The van der Waals surface area contributed by atoms with Crippen LogP contribution in [0.5, 0.6) is 11.5 Å². The van der Waals surface area contributed by atoms with Crippen LogP contribution in [0.4, 0.5) is 0 Å². The first kappa shape index (κ1) is 11.4. The first-order chi connectivity index (χ1) is 7.04. The fourth-order valence-corrected chi connectivity index (χ4v) is 1.12. The number of rotatable bonds is 4. The van der Waals surface area contributed by atoms with Gasteiger partial charge in [-0.2, -0.15) is 0 Å². The van der Waals surface area contributed by atoms with Crippen molar-refractivity contribution in [2.45, 2.75) is 20.0 Å². The van der Waals surface area contributed by atoms with Gasteiger partial charge >= 0.3 is 0 Å². The number of benzene rings is 1. The summed E-state index contributed by atoms with van der Waals surface area (Å²) >= 11 is 0. The van der Waals surface area contributed by atoms with Gasteiger partial charge in [0.2, 0.25) is 0 Å². The van der Waals surface area contributed by atoms with Crippen LogP contribution in [0.25, 0.3) is 0 Å². The van der Waals surface area contributed by atoms with E-state index in [1.807, 2.05) is 19.1 Å². The van der Waals surface area contributed by atoms with Crippen LogP contribution in [0.1, 0.15) is 12.5 Å². The molecule has 0 fully saturated rings. The smallest absolute Gasteiger partial charge is 0.258 e. The number of nitrogens with two attached hydrogens (primary N) is 1. The van der Waals surface area contributed by atoms with E-state index in [9.17, 15) is 4.79 Å². The monoisotopic (exact) mass is 209 g/mol. The van der Waals surface area contributed by atoms with E-state index in [-0.39, 0.29) is 0 Å². The largest absolute Gasteiger partial charge is 0.493 e. The Morgan fingerprint density at radius 2 is 2.07 bits per heavy atom. The SMILES string of the molecule is COc1cc(C)ccc1O[C@@H](C)C(N)=O. The third kappa shape index (κ3) is 2.87. The molecule has 15 heavy (non-hydrogen) atoms. The summed E-state index contributed by atoms with van der Waals surface area (Å²) in [5.74, 6) is 0.620. The molecule has 1 atom stereocenters. The highest BCUT2D eigenvalue weighted by Gasteiger charge is 2.13. The highest BCUT2D eigenvalue weighted by molar-refractivity contribution is 5.78. The van der Waals surface area contributed by atoms with Crippen molar-refractivity contribution in [3.05, 3.63) is 23.8 Å². The molecular formula is C11H15NO3. The van der Waals surface area contributed by atoms with Gasteiger partial charge in [0.05, 0.1) is 7.11 Å². The number of hydrogen-bond donors (Lipinski definition) is 1. The number of carbonyl (C=O) groups is 1. The summed E-state index contributed by atoms with van der Waals surface area (Å²) in [6, 6.07) is 5.47. The van der Waals surface area contributed by atoms with Gasteiger partial charge in [0.1, 0.15) is 0 Å². The predicted octanol–water partition coefficient (Wildman–Crippen LogP) is 1.26. The minimum atomic E-state index is -0.665. The minimum absolute atomic E-state index is 0.502. The Bertz CT molecular complexity index is 363. The highest BCUT2D eigenvalue weighted by Crippen LogP contribution is 2.28. The molecule has 0 aliphatic carbocycles. The van der Waals surface area contributed by atoms with Crippen LogP contribution in [-0.2, 0) is 4.79 Å². The van der Waals surface area contributed by atoms with E-state index in [1.165, 1.54) is 0 Å². The Kier molecular flexibility index (Phi) is 3.55. The second-order valence-corrected chi connectivity index (χ2v) is 3.32. The van der Waals surface area contributed by atoms with Crippen LogP contribution < -0.4 is 15.2 Å². The van der Waals surface area contributed by atoms with Crippen molar-refractivity contribution in [3.63, 3.8) is 0 Å². The van der Waals surface area contributed by atoms with Gasteiger partial charge in [0.25, 0.3) is 5.91 Å². The Morgan fingerprint density at radius 3 is 2.60 bits per heavy atom. The number of primary amides is 1. The molecule has 1 rings (SSSR count). The maximum atomic E-state index is 10.8. The number of methoxy groups -OCH3 is 1. The second-order valence-electron chi connectivity index (χ2n) is 3.32. The van der Waals surface area contributed by atoms with Crippen LogP contribution in [-0.4, -0.2) is 19.1 Å². The molecule has 0 heterocycles. The molecule has 1 aromatic rings. The van der Waals surface area contributed by atoms with Crippen molar-refractivity contribution >= 4 is 5.91 Å². The summed E-state index contributed by atoms with van der Waals surface area (Å²) in [4.78, 5) is 10.8. The van der Waals surface area contributed by atoms with Gasteiger partial charge in [0.15, 0.2) is 17.6 Å². The van der Waals surface area contributed by atoms with Gasteiger partial charge in [-0.3, -0.25) is 4.79 Å². The Hall–Kier alpha value is -1.71. The summed E-state index contributed by atoms with van der Waals surface area (Å²) < 4.78 is 10.5. The van der Waals surface area contributed by atoms with Crippen LogP contribution >= 0.6 is 0 Å². The molecule has 0 radical (unpaired) electrons. The lowest BCUT2D eigenvalue weighted by Crippen LogP contribution is -2.30. The predicted molar refractivity (Wildman–Crippen MR) is 57.0 cm³/mol. The average Bonchev–Trinajstić information content (AvgIpc) is 2.20. The van der Waals surface area contributed by atoms with Crippen molar-refractivity contribution in [3.8, 4) is 11.5 Å². The van der Waals surface area contributed by atoms with E-state index < -0.39 is 12.0 Å². The fourth-order valence-electron chi connectivity index (χ4n) is 1.12. The lowest BCUT2D eigenvalue weighted by atomic mass is 10.2. The maximum absolute atomic E-state index is 10.8. The molecule has 0 saturated heterocycles. The third-order valence-electron chi connectivity index (χ3n) is 2.02. The average molecular weight is 209 g/mol. The third-order valence-corrected chi connectivity index (χ3v) is 2.02. The molecular weight excluding hydrogens is 194 g/mol. The number of carbonyl (C=O) groups excluding carboxylic acids is 1. The standard InChI is InChI=1S/C11H15NO3/c1-7-4-5-9(10(6-7)14-3)15-8(2)11(12)13/h4-6,8H,1-3H3,(H2,12,13)/t8-/m0/s1. The van der Waals surface area contributed by atoms with E-state index in [1.54, 1.807) is 20.1 Å². The van der Waals surface area contributed by atoms with Crippen molar-refractivity contribution in [2.75, 3.05) is 7.11 Å². The molecule has 1 aromatic carbocycles. The summed E-state index contributed by atoms with van der Waals surface area (Å²) in [6.07, 6.45) is -0.665. The zero-order valence-corrected chi connectivity index (χ0v) is 9.11. The van der Waals surface area contributed by atoms with E-state index in [0.29, 0.717) is 11.5 Å². The van der Waals surface area contributed by atoms with Crippen LogP contribution in [0.3, 0.4) is 0 Å². The van der Waals surface area contributed by atoms with E-state index in [0.717, 1.165) is 5.56 Å². The number of amides is 1. The molecule has 0 bridgehead atoms. The van der Waals surface area contributed by atoms with Crippen LogP contribution in [0.2, 0.25) is 0 Å². The van der Waals surface area contributed by atoms with Gasteiger partial charge in [-0.15, -0.1) is 0 Å². The van der Waals surface area contributed by atoms with E-state index >= 15 is 0 Å². The molecule has 4 heteroatoms. The first-order valence-electron chi connectivity index (χ1n) is 4.65. The van der Waals surface area contributed by atoms with Crippen molar-refractivity contribution < 1.29 is 14.3 Å². The molecule has 1 amide bonds. The van der Waals surface area contributed by atoms with E-state index in [4.69, 9.17) is 15.2 Å². The fraction of sp³-hybridized carbons (Fsp3) is 0.364. The van der Waals surface area contributed by atoms with Crippen LogP contribution in [0, 0.1) is 6.92 Å². The lowest BCUT2D eigenvalue weighted by molar-refractivity contribution is -0.124. The minimum Gasteiger partial charge on any atom is -0.493 e. The zero-order valence-electron chi connectivity index (χ0n) is 9.11. The number of ether oxygens (including phenoxy) is 2. The summed E-state index contributed by atoms with van der Waals surface area (Å²) in [5, 5.41) is 0. The van der Waals surface area contributed by atoms with Crippen molar-refractivity contribution in [1.29, 1.82) is 0 Å². The highest BCUT2D eigenvalue weighted by atomic mass is 16.5. The van der Waals surface area contributed by atoms with Gasteiger partial charge in [-0.05, 0) is 31.5 Å². The molecule has 4 nitrogen and oxygen atoms in total. The number of hydrogen-bond acceptors (Lipinski definition) is 3. The Morgan fingerprint density at radius 1 is 1.40 bits per heavy atom. The van der Waals surface area contributed by atoms with Crippen molar-refractivity contribution in [2.24, 2.45) is 5.73 Å². The second kappa shape index (κ2) is 4.68. The Labute approximate surface area is 89.0 Å². The normalized spacial score (nSPS) is 11.9. The maximum Gasteiger partial charge on any atom is 0.258 e. The van der Waals surface area contributed by atoms with Crippen molar-refractivity contribution in [1.82, 2.24) is 0 Å². The molecule has 0 aliphatic rings. The molecule has 0 aliphatic heterocycles. The molecule has 0 unspecified atom stereocenters. The summed E-state index contributed by atoms with van der Waals surface area (Å²) in [5.41, 5.74) is 6.16. The van der Waals surface area contributed by atoms with Gasteiger partial charge in [0, 0.05) is 0 Å². The quantitative estimate of drug-likeness (QED) is 0.811. The molecule has 0 aromatic heterocycles. The molecule has 82 valence electrons. The first-order valence-corrected chi connectivity index (χ1v) is 4.65. The zero-order chi connectivity index (χ0) is 11.4. The molecule has 0 saturated carbocycles. The molecule has 0 spiro atoms. The topological polar surface area (TPSA) is 61.6 Å². The van der Waals surface area contributed by atoms with E-state index in [2.05, 4.69) is 0 Å². The lowest BCUT2D eigenvalue weighted by Gasteiger charge is -2.14. The number of aryl methyl sites for hydroxylation is 1. The van der Waals surface area contributed by atoms with Crippen LogP contribution in [0.15, 0.2) is 18.2 Å². The molecule has 2 N–H and O–H groups in total. The van der Waals surface area contributed by atoms with Gasteiger partial charge in [-0.25, -0.2) is 0 Å². The van der Waals surface area contributed by atoms with Gasteiger partial charge < -0.3 is 15.2 Å². The Balaban J connectivity index is 2.89. The summed E-state index contributed by atoms with van der Waals surface area (Å²) in [7, 11) is 1.55. The van der Waals surface area contributed by atoms with Gasteiger partial charge in [-0.1, -0.05) is 6.07 Å². The summed E-state index contributed by atoms with van der Waals surface area (Å²) in [6.45, 7) is 3.55.